The lowest BCUT2D eigenvalue weighted by Gasteiger charge is -2.29. The van der Waals surface area contributed by atoms with Crippen LogP contribution < -0.4 is 5.32 Å². The maximum absolute atomic E-state index is 3.49. The largest absolute Gasteiger partial charge is 0.316 e. The molecule has 1 N–H and O–H groups in total. The van der Waals surface area contributed by atoms with Crippen LogP contribution in [0.5, 0.6) is 0 Å². The molecule has 0 heterocycles. The summed E-state index contributed by atoms with van der Waals surface area (Å²) in [5.74, 6) is 1.31. The summed E-state index contributed by atoms with van der Waals surface area (Å²) in [4.78, 5) is 0. The van der Waals surface area contributed by atoms with E-state index in [0.29, 0.717) is 5.41 Å². The Morgan fingerprint density at radius 1 is 1.21 bits per heavy atom. The molecular formula is C12H27NS. The Balaban J connectivity index is 3.82. The van der Waals surface area contributed by atoms with Gasteiger partial charge in [0, 0.05) is 6.54 Å². The summed E-state index contributed by atoms with van der Waals surface area (Å²) in [5.41, 5.74) is 0.528. The van der Waals surface area contributed by atoms with Crippen molar-refractivity contribution >= 4 is 11.8 Å². The maximum Gasteiger partial charge on any atom is 0.000505 e. The summed E-state index contributed by atoms with van der Waals surface area (Å²) in [6.07, 6.45) is 7.59. The molecule has 0 radical (unpaired) electrons. The average molecular weight is 217 g/mol. The number of rotatable bonds is 9. The second-order valence-electron chi connectivity index (χ2n) is 4.44. The fourth-order valence-electron chi connectivity index (χ4n) is 1.98. The second-order valence-corrected chi connectivity index (χ2v) is 5.42. The highest BCUT2D eigenvalue weighted by atomic mass is 32.2. The molecule has 0 amide bonds. The molecule has 0 fully saturated rings. The van der Waals surface area contributed by atoms with Crippen molar-refractivity contribution in [2.75, 3.05) is 25.1 Å². The minimum absolute atomic E-state index is 0.528. The summed E-state index contributed by atoms with van der Waals surface area (Å²) in [5, 5.41) is 3.49. The van der Waals surface area contributed by atoms with Crippen LogP contribution in [0, 0.1) is 5.41 Å². The molecule has 0 aromatic carbocycles. The monoisotopic (exact) mass is 217 g/mol. The lowest BCUT2D eigenvalue weighted by atomic mass is 9.81. The van der Waals surface area contributed by atoms with Gasteiger partial charge in [-0.15, -0.1) is 0 Å². The highest BCUT2D eigenvalue weighted by Gasteiger charge is 2.21. The molecule has 2 heteroatoms. The first-order valence-electron chi connectivity index (χ1n) is 5.88. The molecule has 1 unspecified atom stereocenters. The van der Waals surface area contributed by atoms with Crippen LogP contribution in [0.3, 0.4) is 0 Å². The van der Waals surface area contributed by atoms with E-state index in [9.17, 15) is 0 Å². The number of hydrogen-bond acceptors (Lipinski definition) is 2. The predicted molar refractivity (Wildman–Crippen MR) is 69.2 cm³/mol. The zero-order valence-corrected chi connectivity index (χ0v) is 11.2. The summed E-state index contributed by atoms with van der Waals surface area (Å²) < 4.78 is 0. The van der Waals surface area contributed by atoms with Gasteiger partial charge >= 0.3 is 0 Å². The Hall–Kier alpha value is 0.310. The predicted octanol–water partition coefficient (Wildman–Crippen LogP) is 3.55. The van der Waals surface area contributed by atoms with E-state index in [1.165, 1.54) is 38.0 Å². The molecule has 86 valence electrons. The van der Waals surface area contributed by atoms with Gasteiger partial charge in [0.1, 0.15) is 0 Å². The number of thioether (sulfide) groups is 1. The van der Waals surface area contributed by atoms with Crippen LogP contribution >= 0.6 is 11.8 Å². The van der Waals surface area contributed by atoms with Crippen LogP contribution in [0.2, 0.25) is 0 Å². The third-order valence-corrected chi connectivity index (χ3v) is 3.48. The maximum atomic E-state index is 3.49. The lowest BCUT2D eigenvalue weighted by Crippen LogP contribution is -2.31. The smallest absolute Gasteiger partial charge is 0.000505 e. The first kappa shape index (κ1) is 14.3. The molecule has 0 saturated heterocycles. The van der Waals surface area contributed by atoms with Crippen LogP contribution in [-0.4, -0.2) is 25.1 Å². The SMILES string of the molecule is CCCC(C)(CCCSC)CNCC. The van der Waals surface area contributed by atoms with Gasteiger partial charge in [0.15, 0.2) is 0 Å². The average Bonchev–Trinajstić information content (AvgIpc) is 2.16. The van der Waals surface area contributed by atoms with Crippen molar-refractivity contribution in [3.63, 3.8) is 0 Å². The van der Waals surface area contributed by atoms with E-state index >= 15 is 0 Å². The third kappa shape index (κ3) is 6.72. The molecule has 1 nitrogen and oxygen atoms in total. The van der Waals surface area contributed by atoms with Crippen LogP contribution in [-0.2, 0) is 0 Å². The van der Waals surface area contributed by atoms with Gasteiger partial charge in [0.05, 0.1) is 0 Å². The van der Waals surface area contributed by atoms with E-state index in [1.807, 2.05) is 11.8 Å². The topological polar surface area (TPSA) is 12.0 Å². The van der Waals surface area contributed by atoms with E-state index in [2.05, 4.69) is 32.3 Å². The van der Waals surface area contributed by atoms with E-state index in [1.54, 1.807) is 0 Å². The summed E-state index contributed by atoms with van der Waals surface area (Å²) in [6.45, 7) is 9.19. The second kappa shape index (κ2) is 8.60. The van der Waals surface area contributed by atoms with Crippen LogP contribution in [0.15, 0.2) is 0 Å². The van der Waals surface area contributed by atoms with Crippen molar-refractivity contribution in [2.45, 2.75) is 46.5 Å². The minimum atomic E-state index is 0.528. The molecular weight excluding hydrogens is 190 g/mol. The highest BCUT2D eigenvalue weighted by Crippen LogP contribution is 2.28. The Morgan fingerprint density at radius 2 is 1.93 bits per heavy atom. The molecule has 0 bridgehead atoms. The Kier molecular flexibility index (Phi) is 8.80. The molecule has 0 spiro atoms. The van der Waals surface area contributed by atoms with Gasteiger partial charge in [-0.05, 0) is 43.2 Å². The minimum Gasteiger partial charge on any atom is -0.316 e. The highest BCUT2D eigenvalue weighted by molar-refractivity contribution is 7.98. The van der Waals surface area contributed by atoms with E-state index in [4.69, 9.17) is 0 Å². The quantitative estimate of drug-likeness (QED) is 0.593. The van der Waals surface area contributed by atoms with Gasteiger partial charge in [-0.2, -0.15) is 11.8 Å². The molecule has 0 aliphatic carbocycles. The lowest BCUT2D eigenvalue weighted by molar-refractivity contribution is 0.256. The molecule has 0 aromatic rings. The molecule has 0 rings (SSSR count). The normalized spacial score (nSPS) is 15.4. The first-order chi connectivity index (χ1) is 6.68. The Morgan fingerprint density at radius 3 is 2.43 bits per heavy atom. The Labute approximate surface area is 94.4 Å². The van der Waals surface area contributed by atoms with Crippen molar-refractivity contribution in [2.24, 2.45) is 5.41 Å². The van der Waals surface area contributed by atoms with Crippen molar-refractivity contribution in [1.29, 1.82) is 0 Å². The van der Waals surface area contributed by atoms with Crippen LogP contribution in [0.4, 0.5) is 0 Å². The van der Waals surface area contributed by atoms with E-state index < -0.39 is 0 Å². The van der Waals surface area contributed by atoms with Gasteiger partial charge in [0.25, 0.3) is 0 Å². The number of nitrogens with one attached hydrogen (secondary N) is 1. The summed E-state index contributed by atoms with van der Waals surface area (Å²) in [6, 6.07) is 0. The zero-order chi connectivity index (χ0) is 10.9. The fraction of sp³-hybridized carbons (Fsp3) is 1.00. The molecule has 0 saturated carbocycles. The van der Waals surface area contributed by atoms with Gasteiger partial charge in [-0.25, -0.2) is 0 Å². The van der Waals surface area contributed by atoms with Gasteiger partial charge in [-0.3, -0.25) is 0 Å². The van der Waals surface area contributed by atoms with Crippen LogP contribution in [0.1, 0.15) is 46.5 Å². The number of hydrogen-bond donors (Lipinski definition) is 1. The van der Waals surface area contributed by atoms with Gasteiger partial charge in [0.2, 0.25) is 0 Å². The Bertz CT molecular complexity index is 127. The molecule has 14 heavy (non-hydrogen) atoms. The summed E-state index contributed by atoms with van der Waals surface area (Å²) >= 11 is 1.96. The molecule has 0 aromatic heterocycles. The standard InChI is InChI=1S/C12H27NS/c1-5-8-12(3,11-13-6-2)9-7-10-14-4/h13H,5-11H2,1-4H3. The van der Waals surface area contributed by atoms with Crippen LogP contribution in [0.25, 0.3) is 0 Å². The van der Waals surface area contributed by atoms with Crippen molar-refractivity contribution in [3.8, 4) is 0 Å². The fourth-order valence-corrected chi connectivity index (χ4v) is 2.41. The van der Waals surface area contributed by atoms with Gasteiger partial charge in [-0.1, -0.05) is 27.2 Å². The molecule has 0 aliphatic rings. The van der Waals surface area contributed by atoms with Crippen molar-refractivity contribution < 1.29 is 0 Å². The van der Waals surface area contributed by atoms with E-state index in [0.717, 1.165) is 6.54 Å². The molecule has 0 aliphatic heterocycles. The third-order valence-electron chi connectivity index (χ3n) is 2.78. The summed E-state index contributed by atoms with van der Waals surface area (Å²) in [7, 11) is 0. The molecule has 1 atom stereocenters. The van der Waals surface area contributed by atoms with E-state index in [-0.39, 0.29) is 0 Å². The van der Waals surface area contributed by atoms with Gasteiger partial charge < -0.3 is 5.32 Å². The van der Waals surface area contributed by atoms with Crippen molar-refractivity contribution in [3.05, 3.63) is 0 Å². The first-order valence-corrected chi connectivity index (χ1v) is 7.27. The van der Waals surface area contributed by atoms with Crippen molar-refractivity contribution in [1.82, 2.24) is 5.32 Å². The zero-order valence-electron chi connectivity index (χ0n) is 10.4.